The fourth-order valence-corrected chi connectivity index (χ4v) is 2.95. The van der Waals surface area contributed by atoms with Crippen molar-refractivity contribution in [1.29, 1.82) is 0 Å². The molecule has 0 bridgehead atoms. The molecule has 0 aliphatic carbocycles. The van der Waals surface area contributed by atoms with Crippen molar-refractivity contribution >= 4 is 24.0 Å². The second-order valence-corrected chi connectivity index (χ2v) is 6.91. The number of hydrogen-bond donors (Lipinski definition) is 1. The van der Waals surface area contributed by atoms with Crippen molar-refractivity contribution in [2.24, 2.45) is 0 Å². The minimum atomic E-state index is 0. The molecule has 3 aromatic rings. The van der Waals surface area contributed by atoms with Crippen LogP contribution in [0.1, 0.15) is 22.3 Å². The maximum absolute atomic E-state index is 6.18. The van der Waals surface area contributed by atoms with Crippen LogP contribution in [0, 0.1) is 6.92 Å². The van der Waals surface area contributed by atoms with Crippen LogP contribution in [0.15, 0.2) is 66.7 Å². The van der Waals surface area contributed by atoms with Crippen LogP contribution in [-0.4, -0.2) is 7.11 Å². The Morgan fingerprint density at radius 1 is 0.857 bits per heavy atom. The number of rotatable bonds is 8. The summed E-state index contributed by atoms with van der Waals surface area (Å²) in [6, 6.07) is 22.2. The molecule has 0 spiro atoms. The first-order valence-electron chi connectivity index (χ1n) is 8.94. The molecule has 28 heavy (non-hydrogen) atoms. The van der Waals surface area contributed by atoms with E-state index in [0.29, 0.717) is 18.2 Å². The molecule has 3 rings (SSSR count). The summed E-state index contributed by atoms with van der Waals surface area (Å²) in [6.45, 7) is 4.05. The van der Waals surface area contributed by atoms with Crippen molar-refractivity contribution in [3.8, 4) is 11.5 Å². The zero-order valence-electron chi connectivity index (χ0n) is 16.1. The SMILES string of the molecule is COc1ccc(CNCc2cc(Cl)ccc2OCc2ccc(C)cc2)cc1.Cl. The molecule has 0 aromatic heterocycles. The van der Waals surface area contributed by atoms with Crippen LogP contribution in [-0.2, 0) is 19.7 Å². The highest BCUT2D eigenvalue weighted by Gasteiger charge is 2.06. The van der Waals surface area contributed by atoms with Gasteiger partial charge in [0.2, 0.25) is 0 Å². The maximum Gasteiger partial charge on any atom is 0.124 e. The lowest BCUT2D eigenvalue weighted by atomic mass is 10.1. The molecule has 0 fully saturated rings. The summed E-state index contributed by atoms with van der Waals surface area (Å²) < 4.78 is 11.2. The van der Waals surface area contributed by atoms with Crippen molar-refractivity contribution in [3.05, 3.63) is 94.0 Å². The molecule has 0 atom stereocenters. The quantitative estimate of drug-likeness (QED) is 0.491. The van der Waals surface area contributed by atoms with Crippen molar-refractivity contribution in [2.75, 3.05) is 7.11 Å². The van der Waals surface area contributed by atoms with Gasteiger partial charge in [0.05, 0.1) is 7.11 Å². The molecule has 0 aliphatic heterocycles. The van der Waals surface area contributed by atoms with Crippen molar-refractivity contribution in [2.45, 2.75) is 26.6 Å². The number of aryl methyl sites for hydroxylation is 1. The van der Waals surface area contributed by atoms with Crippen molar-refractivity contribution in [1.82, 2.24) is 5.32 Å². The van der Waals surface area contributed by atoms with Gasteiger partial charge in [-0.2, -0.15) is 0 Å². The minimum absolute atomic E-state index is 0. The average Bonchev–Trinajstić information content (AvgIpc) is 2.69. The Morgan fingerprint density at radius 2 is 1.54 bits per heavy atom. The molecule has 0 aliphatic rings. The van der Waals surface area contributed by atoms with Gasteiger partial charge >= 0.3 is 0 Å². The van der Waals surface area contributed by atoms with Crippen LogP contribution in [0.5, 0.6) is 11.5 Å². The van der Waals surface area contributed by atoms with E-state index in [1.807, 2.05) is 30.3 Å². The predicted octanol–water partition coefficient (Wildman–Crippen LogP) is 5.95. The molecule has 5 heteroatoms. The van der Waals surface area contributed by atoms with Crippen LogP contribution >= 0.6 is 24.0 Å². The van der Waals surface area contributed by atoms with Crippen molar-refractivity contribution in [3.63, 3.8) is 0 Å². The molecule has 0 unspecified atom stereocenters. The molecular weight excluding hydrogens is 393 g/mol. The highest BCUT2D eigenvalue weighted by Crippen LogP contribution is 2.24. The highest BCUT2D eigenvalue weighted by molar-refractivity contribution is 6.30. The average molecular weight is 418 g/mol. The van der Waals surface area contributed by atoms with E-state index in [-0.39, 0.29) is 12.4 Å². The van der Waals surface area contributed by atoms with Crippen molar-refractivity contribution < 1.29 is 9.47 Å². The molecule has 3 nitrogen and oxygen atoms in total. The zero-order chi connectivity index (χ0) is 19.1. The Balaban J connectivity index is 0.00000280. The fraction of sp³-hybridized carbons (Fsp3) is 0.217. The Hall–Kier alpha value is -2.20. The van der Waals surface area contributed by atoms with Gasteiger partial charge in [-0.3, -0.25) is 0 Å². The number of nitrogens with one attached hydrogen (secondary N) is 1. The fourth-order valence-electron chi connectivity index (χ4n) is 2.76. The van der Waals surface area contributed by atoms with Gasteiger partial charge in [0, 0.05) is 23.7 Å². The maximum atomic E-state index is 6.18. The lowest BCUT2D eigenvalue weighted by Crippen LogP contribution is -2.13. The summed E-state index contributed by atoms with van der Waals surface area (Å²) in [5.74, 6) is 1.71. The van der Waals surface area contributed by atoms with E-state index in [4.69, 9.17) is 21.1 Å². The number of benzene rings is 3. The van der Waals surface area contributed by atoms with E-state index in [2.05, 4.69) is 48.6 Å². The first-order chi connectivity index (χ1) is 13.1. The Bertz CT molecular complexity index is 865. The van der Waals surface area contributed by atoms with Gasteiger partial charge in [-0.15, -0.1) is 12.4 Å². The van der Waals surface area contributed by atoms with E-state index < -0.39 is 0 Å². The molecule has 0 saturated carbocycles. The third kappa shape index (κ3) is 6.45. The molecule has 0 heterocycles. The van der Waals surface area contributed by atoms with E-state index in [9.17, 15) is 0 Å². The second-order valence-electron chi connectivity index (χ2n) is 6.48. The monoisotopic (exact) mass is 417 g/mol. The van der Waals surface area contributed by atoms with Crippen LogP contribution in [0.2, 0.25) is 5.02 Å². The molecule has 1 N–H and O–H groups in total. The zero-order valence-corrected chi connectivity index (χ0v) is 17.6. The Labute approximate surface area is 178 Å². The minimum Gasteiger partial charge on any atom is -0.497 e. The van der Waals surface area contributed by atoms with Gasteiger partial charge in [-0.25, -0.2) is 0 Å². The Kier molecular flexibility index (Phi) is 8.65. The number of hydrogen-bond acceptors (Lipinski definition) is 3. The first kappa shape index (κ1) is 22.1. The first-order valence-corrected chi connectivity index (χ1v) is 9.32. The summed E-state index contributed by atoms with van der Waals surface area (Å²) in [4.78, 5) is 0. The number of ether oxygens (including phenoxy) is 2. The lowest BCUT2D eigenvalue weighted by molar-refractivity contribution is 0.302. The molecule has 0 saturated heterocycles. The number of methoxy groups -OCH3 is 1. The topological polar surface area (TPSA) is 30.5 Å². The van der Waals surface area contributed by atoms with E-state index in [0.717, 1.165) is 29.2 Å². The summed E-state index contributed by atoms with van der Waals surface area (Å²) in [5, 5.41) is 4.16. The molecule has 0 radical (unpaired) electrons. The normalized spacial score (nSPS) is 10.2. The van der Waals surface area contributed by atoms with Gasteiger partial charge in [0.15, 0.2) is 0 Å². The standard InChI is InChI=1S/C23H24ClNO2.ClH/c1-17-3-5-19(6-4-17)16-27-23-12-9-21(24)13-20(23)15-25-14-18-7-10-22(26-2)11-8-18;/h3-13,25H,14-16H2,1-2H3;1H. The predicted molar refractivity (Wildman–Crippen MR) is 118 cm³/mol. The van der Waals surface area contributed by atoms with Crippen LogP contribution in [0.4, 0.5) is 0 Å². The van der Waals surface area contributed by atoms with E-state index in [1.165, 1.54) is 11.1 Å². The molecule has 148 valence electrons. The Morgan fingerprint density at radius 3 is 2.21 bits per heavy atom. The molecular formula is C23H25Cl2NO2. The summed E-state index contributed by atoms with van der Waals surface area (Å²) in [5.41, 5.74) is 4.63. The molecule has 0 amide bonds. The highest BCUT2D eigenvalue weighted by atomic mass is 35.5. The lowest BCUT2D eigenvalue weighted by Gasteiger charge is -2.13. The molecule has 3 aromatic carbocycles. The smallest absolute Gasteiger partial charge is 0.124 e. The summed E-state index contributed by atoms with van der Waals surface area (Å²) >= 11 is 6.18. The van der Waals surface area contributed by atoms with Crippen LogP contribution in [0.25, 0.3) is 0 Å². The van der Waals surface area contributed by atoms with Crippen LogP contribution in [0.3, 0.4) is 0 Å². The van der Waals surface area contributed by atoms with Gasteiger partial charge in [-0.05, 0) is 48.4 Å². The van der Waals surface area contributed by atoms with Gasteiger partial charge < -0.3 is 14.8 Å². The van der Waals surface area contributed by atoms with Gasteiger partial charge in [0.1, 0.15) is 18.1 Å². The second kappa shape index (κ2) is 11.0. The third-order valence-corrected chi connectivity index (χ3v) is 4.58. The number of halogens is 2. The van der Waals surface area contributed by atoms with E-state index >= 15 is 0 Å². The summed E-state index contributed by atoms with van der Waals surface area (Å²) in [6.07, 6.45) is 0. The summed E-state index contributed by atoms with van der Waals surface area (Å²) in [7, 11) is 1.67. The third-order valence-electron chi connectivity index (χ3n) is 4.34. The van der Waals surface area contributed by atoms with E-state index in [1.54, 1.807) is 7.11 Å². The largest absolute Gasteiger partial charge is 0.497 e. The van der Waals surface area contributed by atoms with Crippen LogP contribution < -0.4 is 14.8 Å². The van der Waals surface area contributed by atoms with Gasteiger partial charge in [-0.1, -0.05) is 53.6 Å². The van der Waals surface area contributed by atoms with Gasteiger partial charge in [0.25, 0.3) is 0 Å².